The molecule has 1 aliphatic heterocycles. The fraction of sp³-hybridized carbons (Fsp3) is 0.600. The van der Waals surface area contributed by atoms with E-state index in [1.54, 1.807) is 0 Å². The molecule has 0 saturated heterocycles. The molecule has 0 aromatic carbocycles. The van der Waals surface area contributed by atoms with Crippen LogP contribution in [0, 0.1) is 5.41 Å². The summed E-state index contributed by atoms with van der Waals surface area (Å²) in [6.07, 6.45) is 2.76. The van der Waals surface area contributed by atoms with E-state index in [2.05, 4.69) is 5.32 Å². The normalized spacial score (nSPS) is 26.0. The van der Waals surface area contributed by atoms with Crippen molar-refractivity contribution >= 4 is 11.8 Å². The molecule has 0 spiro atoms. The third kappa shape index (κ3) is 1.10. The third-order valence-corrected chi connectivity index (χ3v) is 2.94. The van der Waals surface area contributed by atoms with Crippen molar-refractivity contribution in [3.63, 3.8) is 0 Å². The first kappa shape index (κ1) is 8.48. The van der Waals surface area contributed by atoms with Crippen LogP contribution in [0.5, 0.6) is 0 Å². The molecule has 0 radical (unpaired) electrons. The van der Waals surface area contributed by atoms with E-state index in [0.29, 0.717) is 0 Å². The molecule has 1 heterocycles. The molecule has 0 bridgehead atoms. The summed E-state index contributed by atoms with van der Waals surface area (Å²) in [5.41, 5.74) is 1.33. The van der Waals surface area contributed by atoms with Gasteiger partial charge in [0.15, 0.2) is 0 Å². The van der Waals surface area contributed by atoms with E-state index < -0.39 is 0 Å². The van der Waals surface area contributed by atoms with E-state index in [-0.39, 0.29) is 17.2 Å². The zero-order valence-electron chi connectivity index (χ0n) is 7.94. The van der Waals surface area contributed by atoms with Gasteiger partial charge in [0.1, 0.15) is 0 Å². The fourth-order valence-electron chi connectivity index (χ4n) is 2.28. The van der Waals surface area contributed by atoms with E-state index >= 15 is 0 Å². The average molecular weight is 179 g/mol. The summed E-state index contributed by atoms with van der Waals surface area (Å²) in [5, 5.41) is 2.36. The summed E-state index contributed by atoms with van der Waals surface area (Å²) >= 11 is 0. The van der Waals surface area contributed by atoms with Crippen LogP contribution in [0.25, 0.3) is 0 Å². The van der Waals surface area contributed by atoms with E-state index in [9.17, 15) is 9.59 Å². The lowest BCUT2D eigenvalue weighted by Crippen LogP contribution is -2.27. The van der Waals surface area contributed by atoms with Gasteiger partial charge in [0.25, 0.3) is 11.8 Å². The molecule has 0 unspecified atom stereocenters. The minimum atomic E-state index is -0.176. The Morgan fingerprint density at radius 3 is 2.54 bits per heavy atom. The van der Waals surface area contributed by atoms with Gasteiger partial charge in [0, 0.05) is 11.1 Å². The molecule has 3 heteroatoms. The predicted octanol–water partition coefficient (Wildman–Crippen LogP) is 1.15. The van der Waals surface area contributed by atoms with Crippen molar-refractivity contribution in [1.82, 2.24) is 5.32 Å². The minimum Gasteiger partial charge on any atom is -0.289 e. The van der Waals surface area contributed by atoms with E-state index in [4.69, 9.17) is 0 Å². The first-order valence-corrected chi connectivity index (χ1v) is 4.62. The molecule has 3 nitrogen and oxygen atoms in total. The van der Waals surface area contributed by atoms with Gasteiger partial charge in [-0.3, -0.25) is 14.9 Å². The van der Waals surface area contributed by atoms with Crippen LogP contribution in [0.3, 0.4) is 0 Å². The predicted molar refractivity (Wildman–Crippen MR) is 47.8 cm³/mol. The molecule has 0 aromatic heterocycles. The van der Waals surface area contributed by atoms with Gasteiger partial charge in [-0.15, -0.1) is 0 Å². The Morgan fingerprint density at radius 2 is 1.92 bits per heavy atom. The highest BCUT2D eigenvalue weighted by atomic mass is 16.2. The molecule has 2 amide bonds. The Bertz CT molecular complexity index is 326. The zero-order chi connectivity index (χ0) is 9.64. The Morgan fingerprint density at radius 1 is 1.23 bits per heavy atom. The lowest BCUT2D eigenvalue weighted by atomic mass is 9.73. The molecular formula is C10H13NO2. The Kier molecular flexibility index (Phi) is 1.59. The molecular weight excluding hydrogens is 166 g/mol. The van der Waals surface area contributed by atoms with Crippen molar-refractivity contribution in [3.05, 3.63) is 11.1 Å². The van der Waals surface area contributed by atoms with Gasteiger partial charge in [0.2, 0.25) is 0 Å². The van der Waals surface area contributed by atoms with Crippen LogP contribution in [0.1, 0.15) is 33.1 Å². The fourth-order valence-corrected chi connectivity index (χ4v) is 2.28. The number of hydrogen-bond donors (Lipinski definition) is 1. The molecule has 0 saturated carbocycles. The number of imide groups is 1. The van der Waals surface area contributed by atoms with Crippen molar-refractivity contribution in [2.75, 3.05) is 0 Å². The van der Waals surface area contributed by atoms with Gasteiger partial charge in [-0.05, 0) is 24.7 Å². The van der Waals surface area contributed by atoms with Crippen molar-refractivity contribution in [3.8, 4) is 0 Å². The summed E-state index contributed by atoms with van der Waals surface area (Å²) in [5.74, 6) is -0.350. The molecule has 2 rings (SSSR count). The van der Waals surface area contributed by atoms with Crippen LogP contribution in [-0.4, -0.2) is 11.8 Å². The quantitative estimate of drug-likeness (QED) is 0.567. The molecule has 70 valence electrons. The monoisotopic (exact) mass is 179 g/mol. The van der Waals surface area contributed by atoms with Gasteiger partial charge in [-0.25, -0.2) is 0 Å². The van der Waals surface area contributed by atoms with Crippen LogP contribution >= 0.6 is 0 Å². The lowest BCUT2D eigenvalue weighted by molar-refractivity contribution is -0.124. The summed E-state index contributed by atoms with van der Waals surface area (Å²) in [6, 6.07) is 0. The largest absolute Gasteiger partial charge is 0.289 e. The molecule has 0 atom stereocenters. The standard InChI is InChI=1S/C10H13NO2/c1-10(2)5-3-4-6-7(10)9(13)11-8(6)12/h3-5H2,1-2H3,(H,11,12,13). The summed E-state index contributed by atoms with van der Waals surface area (Å²) in [7, 11) is 0. The van der Waals surface area contributed by atoms with Gasteiger partial charge in [-0.1, -0.05) is 13.8 Å². The van der Waals surface area contributed by atoms with E-state index in [1.807, 2.05) is 13.8 Å². The molecule has 1 aliphatic carbocycles. The summed E-state index contributed by atoms with van der Waals surface area (Å²) in [6.45, 7) is 4.05. The Hall–Kier alpha value is -1.12. The highest BCUT2D eigenvalue weighted by Gasteiger charge is 2.41. The van der Waals surface area contributed by atoms with E-state index in [0.717, 1.165) is 30.4 Å². The Balaban J connectivity index is 2.53. The number of carbonyl (C=O) groups excluding carboxylic acids is 2. The van der Waals surface area contributed by atoms with Crippen LogP contribution in [0.15, 0.2) is 11.1 Å². The molecule has 0 aromatic rings. The van der Waals surface area contributed by atoms with Crippen LogP contribution in [0.4, 0.5) is 0 Å². The molecule has 1 N–H and O–H groups in total. The SMILES string of the molecule is CC1(C)CCCC2=C1C(=O)NC2=O. The number of nitrogens with one attached hydrogen (secondary N) is 1. The third-order valence-electron chi connectivity index (χ3n) is 2.94. The van der Waals surface area contributed by atoms with Crippen LogP contribution in [0.2, 0.25) is 0 Å². The lowest BCUT2D eigenvalue weighted by Gasteiger charge is -2.29. The number of carbonyl (C=O) groups is 2. The molecule has 2 aliphatic rings. The second-order valence-electron chi connectivity index (χ2n) is 4.37. The van der Waals surface area contributed by atoms with Crippen LogP contribution < -0.4 is 5.32 Å². The van der Waals surface area contributed by atoms with Crippen molar-refractivity contribution in [2.45, 2.75) is 33.1 Å². The maximum absolute atomic E-state index is 11.4. The van der Waals surface area contributed by atoms with E-state index in [1.165, 1.54) is 0 Å². The highest BCUT2D eigenvalue weighted by molar-refractivity contribution is 6.20. The second-order valence-corrected chi connectivity index (χ2v) is 4.37. The van der Waals surface area contributed by atoms with Gasteiger partial charge < -0.3 is 0 Å². The molecule has 0 fully saturated rings. The first-order valence-electron chi connectivity index (χ1n) is 4.62. The van der Waals surface area contributed by atoms with Crippen molar-refractivity contribution in [2.24, 2.45) is 5.41 Å². The number of hydrogen-bond acceptors (Lipinski definition) is 2. The van der Waals surface area contributed by atoms with Crippen molar-refractivity contribution in [1.29, 1.82) is 0 Å². The maximum atomic E-state index is 11.4. The maximum Gasteiger partial charge on any atom is 0.255 e. The number of rotatable bonds is 0. The first-order chi connectivity index (χ1) is 6.02. The second kappa shape index (κ2) is 2.44. The van der Waals surface area contributed by atoms with Gasteiger partial charge >= 0.3 is 0 Å². The topological polar surface area (TPSA) is 46.2 Å². The molecule has 13 heavy (non-hydrogen) atoms. The summed E-state index contributed by atoms with van der Waals surface area (Å²) < 4.78 is 0. The Labute approximate surface area is 77.2 Å². The zero-order valence-corrected chi connectivity index (χ0v) is 7.94. The van der Waals surface area contributed by atoms with Gasteiger partial charge in [-0.2, -0.15) is 0 Å². The van der Waals surface area contributed by atoms with Gasteiger partial charge in [0.05, 0.1) is 0 Å². The highest BCUT2D eigenvalue weighted by Crippen LogP contribution is 2.42. The average Bonchev–Trinajstić information content (AvgIpc) is 2.27. The van der Waals surface area contributed by atoms with Crippen molar-refractivity contribution < 1.29 is 9.59 Å². The number of amides is 2. The summed E-state index contributed by atoms with van der Waals surface area (Å²) in [4.78, 5) is 22.8. The minimum absolute atomic E-state index is 0.121. The smallest absolute Gasteiger partial charge is 0.255 e. The van der Waals surface area contributed by atoms with Crippen LogP contribution in [-0.2, 0) is 9.59 Å².